The highest BCUT2D eigenvalue weighted by Crippen LogP contribution is 2.51. The highest BCUT2D eigenvalue weighted by atomic mass is 16.3. The Balaban J connectivity index is 1.26. The van der Waals surface area contributed by atoms with E-state index in [9.17, 15) is 0 Å². The first kappa shape index (κ1) is 32.7. The highest BCUT2D eigenvalue weighted by molar-refractivity contribution is 6.18. The molecular weight excluding hydrogens is 681 g/mol. The van der Waals surface area contributed by atoms with Gasteiger partial charge in [0, 0.05) is 54.3 Å². The molecule has 11 rings (SSSR count). The van der Waals surface area contributed by atoms with E-state index >= 15 is 0 Å². The monoisotopic (exact) mass is 720 g/mol. The molecule has 6 aromatic carbocycles. The van der Waals surface area contributed by atoms with Gasteiger partial charge in [0.25, 0.3) is 0 Å². The van der Waals surface area contributed by atoms with Crippen LogP contribution in [0.1, 0.15) is 62.1 Å². The summed E-state index contributed by atoms with van der Waals surface area (Å²) >= 11 is 0. The molecule has 0 bridgehead atoms. The molecular formula is C53H40N2O. The Bertz CT molecular complexity index is 3340. The van der Waals surface area contributed by atoms with Gasteiger partial charge in [-0.1, -0.05) is 130 Å². The zero-order valence-corrected chi connectivity index (χ0v) is 32.0. The van der Waals surface area contributed by atoms with Gasteiger partial charge in [0.05, 0.1) is 22.3 Å². The van der Waals surface area contributed by atoms with Crippen LogP contribution in [0.3, 0.4) is 0 Å². The fourth-order valence-electron chi connectivity index (χ4n) is 10.0. The van der Waals surface area contributed by atoms with E-state index in [4.69, 9.17) is 10.8 Å². The molecule has 0 saturated carbocycles. The number of allylic oxidation sites excluding steroid dienone is 1. The molecule has 0 aliphatic heterocycles. The first-order chi connectivity index (χ1) is 27.3. The lowest BCUT2D eigenvalue weighted by Crippen LogP contribution is -2.37. The summed E-state index contributed by atoms with van der Waals surface area (Å²) in [5, 5.41) is 6.98. The molecule has 3 aromatic heterocycles. The average molecular weight is 721 g/mol. The molecule has 2 aliphatic rings. The van der Waals surface area contributed by atoms with Crippen LogP contribution < -0.4 is 10.6 Å². The van der Waals surface area contributed by atoms with E-state index in [1.54, 1.807) is 0 Å². The molecule has 9 aromatic rings. The second kappa shape index (κ2) is 11.6. The van der Waals surface area contributed by atoms with E-state index in [1.807, 2.05) is 0 Å². The lowest BCUT2D eigenvalue weighted by molar-refractivity contribution is 0.655. The molecule has 0 saturated heterocycles. The summed E-state index contributed by atoms with van der Waals surface area (Å²) in [6.45, 7) is 9.12. The van der Waals surface area contributed by atoms with Crippen molar-refractivity contribution in [1.82, 2.24) is 9.13 Å². The Labute approximate surface area is 326 Å². The smallest absolute Gasteiger partial charge is 0.160 e. The molecule has 0 N–H and O–H groups in total. The average Bonchev–Trinajstić information content (AvgIpc) is 3.93. The summed E-state index contributed by atoms with van der Waals surface area (Å²) in [6, 6.07) is 46.0. The SMILES string of the molecule is C#Cc1c(/C=C\C)n(-c2ccc3c(c2)C(C)(C)c2ccccc2-3)c2c1c(C1(C)C=c3c(n(-c4ccccc4)c4ccccc34)=CC1)cc1c3ccccc3oc12. The summed E-state index contributed by atoms with van der Waals surface area (Å²) < 4.78 is 11.7. The summed E-state index contributed by atoms with van der Waals surface area (Å²) in [5.74, 6) is 3.22. The maximum Gasteiger partial charge on any atom is 0.160 e. The van der Waals surface area contributed by atoms with Crippen LogP contribution in [0.15, 0.2) is 138 Å². The first-order valence-corrected chi connectivity index (χ1v) is 19.6. The number of benzene rings is 6. The van der Waals surface area contributed by atoms with Gasteiger partial charge >= 0.3 is 0 Å². The van der Waals surface area contributed by atoms with Crippen LogP contribution in [0.2, 0.25) is 0 Å². The molecule has 56 heavy (non-hydrogen) atoms. The minimum atomic E-state index is -0.393. The standard InChI is InChI=1S/C53H40N2O/c1-6-17-45-35(7-2)49-44(53(5)29-28-47-41(32-53)38-21-12-15-24-46(38)54(47)33-18-9-8-10-19-33)31-40-39-22-13-16-25-48(39)56-51(40)50(49)55(45)34-26-27-37-36-20-11-14-23-42(36)52(3,4)43(37)30-34/h2,6,8-28,30-32H,29H2,1,3-5H3/b17-6-. The van der Waals surface area contributed by atoms with Crippen LogP contribution in [-0.4, -0.2) is 9.13 Å². The van der Waals surface area contributed by atoms with Crippen molar-refractivity contribution < 1.29 is 4.42 Å². The largest absolute Gasteiger partial charge is 0.454 e. The van der Waals surface area contributed by atoms with Crippen molar-refractivity contribution in [2.75, 3.05) is 0 Å². The van der Waals surface area contributed by atoms with E-state index in [0.29, 0.717) is 0 Å². The van der Waals surface area contributed by atoms with Gasteiger partial charge in [-0.15, -0.1) is 6.42 Å². The van der Waals surface area contributed by atoms with E-state index in [2.05, 4.69) is 194 Å². The number of hydrogen-bond donors (Lipinski definition) is 0. The number of rotatable bonds is 4. The minimum absolute atomic E-state index is 0.155. The highest BCUT2D eigenvalue weighted by Gasteiger charge is 2.37. The first-order valence-electron chi connectivity index (χ1n) is 19.6. The van der Waals surface area contributed by atoms with E-state index in [0.717, 1.165) is 61.9 Å². The Hall–Kier alpha value is -6.76. The molecule has 3 heteroatoms. The predicted molar refractivity (Wildman–Crippen MR) is 234 cm³/mol. The Kier molecular flexibility index (Phi) is 6.78. The van der Waals surface area contributed by atoms with Crippen molar-refractivity contribution in [2.24, 2.45) is 0 Å². The van der Waals surface area contributed by atoms with Gasteiger partial charge in [-0.05, 0) is 89.7 Å². The van der Waals surface area contributed by atoms with E-state index in [1.165, 1.54) is 49.3 Å². The van der Waals surface area contributed by atoms with E-state index in [-0.39, 0.29) is 5.41 Å². The van der Waals surface area contributed by atoms with Crippen molar-refractivity contribution in [3.8, 4) is 34.8 Å². The third-order valence-corrected chi connectivity index (χ3v) is 12.7. The maximum atomic E-state index is 6.91. The summed E-state index contributed by atoms with van der Waals surface area (Å²) in [4.78, 5) is 0. The fraction of sp³-hybridized carbons (Fsp3) is 0.132. The number of para-hydroxylation sites is 3. The zero-order chi connectivity index (χ0) is 37.9. The van der Waals surface area contributed by atoms with Crippen molar-refractivity contribution in [2.45, 2.75) is 44.9 Å². The quantitative estimate of drug-likeness (QED) is 0.166. The number of aromatic nitrogens is 2. The fourth-order valence-corrected chi connectivity index (χ4v) is 10.0. The second-order valence-corrected chi connectivity index (χ2v) is 16.2. The third-order valence-electron chi connectivity index (χ3n) is 12.7. The van der Waals surface area contributed by atoms with Gasteiger partial charge in [-0.2, -0.15) is 0 Å². The van der Waals surface area contributed by atoms with Gasteiger partial charge < -0.3 is 13.6 Å². The molecule has 1 unspecified atom stereocenters. The van der Waals surface area contributed by atoms with Gasteiger partial charge in [0.1, 0.15) is 5.58 Å². The second-order valence-electron chi connectivity index (χ2n) is 16.2. The van der Waals surface area contributed by atoms with Crippen molar-refractivity contribution in [3.63, 3.8) is 0 Å². The topological polar surface area (TPSA) is 23.0 Å². The third kappa shape index (κ3) is 4.30. The summed E-state index contributed by atoms with van der Waals surface area (Å²) in [6.07, 6.45) is 16.7. The van der Waals surface area contributed by atoms with Gasteiger partial charge in [0.15, 0.2) is 5.58 Å². The lowest BCUT2D eigenvalue weighted by Gasteiger charge is -2.29. The Morgan fingerprint density at radius 3 is 2.25 bits per heavy atom. The molecule has 3 nitrogen and oxygen atoms in total. The van der Waals surface area contributed by atoms with Crippen LogP contribution >= 0.6 is 0 Å². The minimum Gasteiger partial charge on any atom is -0.454 e. The number of hydrogen-bond acceptors (Lipinski definition) is 1. The van der Waals surface area contributed by atoms with Gasteiger partial charge in [-0.25, -0.2) is 0 Å². The van der Waals surface area contributed by atoms with Gasteiger partial charge in [-0.3, -0.25) is 0 Å². The molecule has 0 radical (unpaired) electrons. The molecule has 2 aliphatic carbocycles. The van der Waals surface area contributed by atoms with Crippen LogP contribution in [0.4, 0.5) is 0 Å². The van der Waals surface area contributed by atoms with Crippen molar-refractivity contribution >= 4 is 62.0 Å². The molecule has 1 atom stereocenters. The number of terminal acetylenes is 1. The summed E-state index contributed by atoms with van der Waals surface area (Å²) in [7, 11) is 0. The van der Waals surface area contributed by atoms with Crippen LogP contribution in [0.5, 0.6) is 0 Å². The van der Waals surface area contributed by atoms with Crippen LogP contribution in [0, 0.1) is 12.3 Å². The number of fused-ring (bicyclic) bond motifs is 11. The predicted octanol–water partition coefficient (Wildman–Crippen LogP) is 11.7. The maximum absolute atomic E-state index is 6.91. The normalized spacial score (nSPS) is 16.9. The number of nitrogens with zero attached hydrogens (tertiary/aromatic N) is 2. The van der Waals surface area contributed by atoms with Gasteiger partial charge in [0.2, 0.25) is 0 Å². The van der Waals surface area contributed by atoms with E-state index < -0.39 is 5.41 Å². The molecule has 0 fully saturated rings. The molecule has 268 valence electrons. The molecule has 3 heterocycles. The van der Waals surface area contributed by atoms with Crippen LogP contribution in [0.25, 0.3) is 84.5 Å². The van der Waals surface area contributed by atoms with Crippen molar-refractivity contribution in [3.05, 3.63) is 172 Å². The lowest BCUT2D eigenvalue weighted by atomic mass is 9.74. The summed E-state index contributed by atoms with van der Waals surface area (Å²) in [5.41, 5.74) is 13.9. The Morgan fingerprint density at radius 2 is 1.43 bits per heavy atom. The zero-order valence-electron chi connectivity index (χ0n) is 32.0. The number of furan rings is 1. The molecule has 0 amide bonds. The Morgan fingerprint density at radius 1 is 0.696 bits per heavy atom. The van der Waals surface area contributed by atoms with Crippen molar-refractivity contribution in [1.29, 1.82) is 0 Å². The van der Waals surface area contributed by atoms with Crippen LogP contribution in [-0.2, 0) is 10.8 Å². The molecule has 0 spiro atoms.